The third-order valence-electron chi connectivity index (χ3n) is 8.88. The van der Waals surface area contributed by atoms with Crippen molar-refractivity contribution in [3.05, 3.63) is 30.1 Å². The first-order valence-electron chi connectivity index (χ1n) is 16.2. The Morgan fingerprint density at radius 3 is 2.47 bits per heavy atom. The Morgan fingerprint density at radius 1 is 1.12 bits per heavy atom. The Morgan fingerprint density at radius 2 is 1.84 bits per heavy atom. The van der Waals surface area contributed by atoms with Crippen molar-refractivity contribution in [3.8, 4) is 0 Å². The van der Waals surface area contributed by atoms with Crippen LogP contribution in [0.15, 0.2) is 24.5 Å². The van der Waals surface area contributed by atoms with Gasteiger partial charge in [0.2, 0.25) is 17.7 Å². The van der Waals surface area contributed by atoms with Gasteiger partial charge in [0.05, 0.1) is 24.7 Å². The number of aliphatic hydroxyl groups is 1. The molecule has 0 bridgehead atoms. The van der Waals surface area contributed by atoms with E-state index in [0.29, 0.717) is 24.9 Å². The second kappa shape index (κ2) is 18.1. The summed E-state index contributed by atoms with van der Waals surface area (Å²) < 4.78 is 5.87. The van der Waals surface area contributed by atoms with E-state index in [-0.39, 0.29) is 64.1 Å². The Bertz CT molecular complexity index is 1030. The molecule has 0 aromatic carbocycles. The summed E-state index contributed by atoms with van der Waals surface area (Å²) in [5.74, 6) is 0.166. The van der Waals surface area contributed by atoms with E-state index >= 15 is 0 Å². The lowest BCUT2D eigenvalue weighted by atomic mass is 9.80. The van der Waals surface area contributed by atoms with Gasteiger partial charge in [0.25, 0.3) is 0 Å². The molecule has 2 aliphatic carbocycles. The SMILES string of the molecule is CC(C)C(=O)C1CCC(NC(=O)CCCOC2CCCCC2)CC1.CN1C(=O)C[C@H](C(=O)NCCO)[C@H]1c1cccnc1.[HH].[HH]. The minimum absolute atomic E-state index is 0. The van der Waals surface area contributed by atoms with Gasteiger partial charge in [-0.2, -0.15) is 0 Å². The number of hydrogen-bond acceptors (Lipinski definition) is 7. The number of pyridine rings is 1. The number of rotatable bonds is 12. The Hall–Kier alpha value is -2.85. The summed E-state index contributed by atoms with van der Waals surface area (Å²) >= 11 is 0. The molecule has 3 N–H and O–H groups in total. The van der Waals surface area contributed by atoms with Crippen molar-refractivity contribution < 1.29 is 31.9 Å². The van der Waals surface area contributed by atoms with Gasteiger partial charge in [-0.3, -0.25) is 24.2 Å². The molecule has 1 aromatic heterocycles. The zero-order chi connectivity index (χ0) is 31.2. The maximum Gasteiger partial charge on any atom is 0.226 e. The third-order valence-corrected chi connectivity index (χ3v) is 8.88. The number of ether oxygens (including phenoxy) is 1. The van der Waals surface area contributed by atoms with Crippen LogP contribution in [-0.2, 0) is 23.9 Å². The molecule has 3 fully saturated rings. The summed E-state index contributed by atoms with van der Waals surface area (Å²) in [5.41, 5.74) is 0.847. The van der Waals surface area contributed by atoms with Crippen molar-refractivity contribution in [2.45, 2.75) is 109 Å². The number of aliphatic hydroxyl groups excluding tert-OH is 1. The number of likely N-dealkylation sites (tertiary alicyclic amines) is 1. The van der Waals surface area contributed by atoms with Crippen molar-refractivity contribution in [1.82, 2.24) is 20.5 Å². The smallest absolute Gasteiger partial charge is 0.226 e. The fourth-order valence-electron chi connectivity index (χ4n) is 6.43. The highest BCUT2D eigenvalue weighted by Crippen LogP contribution is 2.36. The van der Waals surface area contributed by atoms with E-state index in [1.54, 1.807) is 30.4 Å². The largest absolute Gasteiger partial charge is 0.395 e. The van der Waals surface area contributed by atoms with Gasteiger partial charge < -0.3 is 25.4 Å². The average molecular weight is 605 g/mol. The fraction of sp³-hybridized carbons (Fsp3) is 0.727. The van der Waals surface area contributed by atoms with Gasteiger partial charge >= 0.3 is 0 Å². The monoisotopic (exact) mass is 604 g/mol. The van der Waals surface area contributed by atoms with Gasteiger partial charge in [-0.1, -0.05) is 39.2 Å². The molecule has 3 amide bonds. The van der Waals surface area contributed by atoms with Crippen LogP contribution in [-0.4, -0.2) is 77.4 Å². The van der Waals surface area contributed by atoms with E-state index in [2.05, 4.69) is 15.6 Å². The summed E-state index contributed by atoms with van der Waals surface area (Å²) in [6, 6.07) is 3.61. The Kier molecular flexibility index (Phi) is 14.6. The molecular weight excluding hydrogens is 548 g/mol. The maximum atomic E-state index is 12.1. The van der Waals surface area contributed by atoms with Crippen LogP contribution in [0.25, 0.3) is 0 Å². The zero-order valence-electron chi connectivity index (χ0n) is 26.3. The lowest BCUT2D eigenvalue weighted by Gasteiger charge is -2.29. The molecule has 1 saturated heterocycles. The molecule has 3 aliphatic rings. The minimum atomic E-state index is -0.437. The van der Waals surface area contributed by atoms with Gasteiger partial charge in [0.1, 0.15) is 5.78 Å². The molecule has 244 valence electrons. The van der Waals surface area contributed by atoms with E-state index in [4.69, 9.17) is 9.84 Å². The number of nitrogens with one attached hydrogen (secondary N) is 2. The van der Waals surface area contributed by atoms with Gasteiger partial charge in [-0.25, -0.2) is 0 Å². The third kappa shape index (κ3) is 11.0. The summed E-state index contributed by atoms with van der Waals surface area (Å²) in [6.45, 7) is 4.75. The van der Waals surface area contributed by atoms with E-state index in [0.717, 1.165) is 37.7 Å². The second-order valence-electron chi connectivity index (χ2n) is 12.5. The fourth-order valence-corrected chi connectivity index (χ4v) is 6.43. The van der Waals surface area contributed by atoms with Crippen LogP contribution in [0.1, 0.15) is 105 Å². The standard InChI is InChI=1S/C20H35NO3.C13H17N3O3.2H2/c1-15(2)20(23)16-10-12-17(13-11-16)21-19(22)9-6-14-24-18-7-4-3-5-8-18;1-16-11(18)7-10(13(19)15-5-6-17)12(16)9-3-2-4-14-8-9;;/h15-18H,3-14H2,1-2H3,(H,21,22);2-4,8,10,12,17H,5-7H2,1H3,(H,15,19);2*1H/t;10-,12+;;/m.0../s1. The summed E-state index contributed by atoms with van der Waals surface area (Å²) in [4.78, 5) is 53.6. The molecule has 10 nitrogen and oxygen atoms in total. The number of aromatic nitrogens is 1. The first kappa shape index (κ1) is 34.6. The number of amides is 3. The molecule has 1 aromatic rings. The van der Waals surface area contributed by atoms with Crippen LogP contribution in [0.2, 0.25) is 0 Å². The van der Waals surface area contributed by atoms with Crippen molar-refractivity contribution in [3.63, 3.8) is 0 Å². The van der Waals surface area contributed by atoms with Crippen molar-refractivity contribution in [2.24, 2.45) is 17.8 Å². The molecule has 4 rings (SSSR count). The van der Waals surface area contributed by atoms with Crippen molar-refractivity contribution in [2.75, 3.05) is 26.8 Å². The van der Waals surface area contributed by atoms with E-state index < -0.39 is 5.92 Å². The molecule has 0 spiro atoms. The van der Waals surface area contributed by atoms with E-state index in [1.807, 2.05) is 19.9 Å². The highest BCUT2D eigenvalue weighted by atomic mass is 16.5. The normalized spacial score (nSPS) is 24.3. The summed E-state index contributed by atoms with van der Waals surface area (Å²) in [6.07, 6.45) is 15.3. The van der Waals surface area contributed by atoms with Crippen LogP contribution in [0, 0.1) is 17.8 Å². The first-order valence-corrected chi connectivity index (χ1v) is 16.2. The van der Waals surface area contributed by atoms with Crippen molar-refractivity contribution >= 4 is 23.5 Å². The predicted octanol–water partition coefficient (Wildman–Crippen LogP) is 4.22. The predicted molar refractivity (Wildman–Crippen MR) is 168 cm³/mol. The highest BCUT2D eigenvalue weighted by Gasteiger charge is 2.42. The second-order valence-corrected chi connectivity index (χ2v) is 12.5. The molecule has 0 unspecified atom stereocenters. The van der Waals surface area contributed by atoms with Gasteiger partial charge in [0.15, 0.2) is 0 Å². The molecular formula is C33H56N4O6. The van der Waals surface area contributed by atoms with Gasteiger partial charge in [-0.05, 0) is 56.6 Å². The number of ketones is 1. The minimum Gasteiger partial charge on any atom is -0.395 e. The van der Waals surface area contributed by atoms with E-state index in [1.165, 1.54) is 32.1 Å². The van der Waals surface area contributed by atoms with Crippen LogP contribution < -0.4 is 10.6 Å². The average Bonchev–Trinajstić information content (AvgIpc) is 3.33. The molecule has 2 saturated carbocycles. The zero-order valence-corrected chi connectivity index (χ0v) is 26.3. The lowest BCUT2D eigenvalue weighted by Crippen LogP contribution is -2.39. The Labute approximate surface area is 259 Å². The van der Waals surface area contributed by atoms with Gasteiger partial charge in [-0.15, -0.1) is 0 Å². The maximum absolute atomic E-state index is 12.1. The van der Waals surface area contributed by atoms with E-state index in [9.17, 15) is 19.2 Å². The summed E-state index contributed by atoms with van der Waals surface area (Å²) in [7, 11) is 1.69. The molecule has 1 aliphatic heterocycles. The number of nitrogens with zero attached hydrogens (tertiary/aromatic N) is 2. The van der Waals surface area contributed by atoms with Gasteiger partial charge in [0, 0.05) is 66.2 Å². The summed E-state index contributed by atoms with van der Waals surface area (Å²) in [5, 5.41) is 14.5. The molecule has 10 heteroatoms. The van der Waals surface area contributed by atoms with Crippen LogP contribution in [0.3, 0.4) is 0 Å². The first-order chi connectivity index (χ1) is 20.7. The molecule has 2 atom stereocenters. The van der Waals surface area contributed by atoms with Crippen LogP contribution in [0.5, 0.6) is 0 Å². The highest BCUT2D eigenvalue weighted by molar-refractivity contribution is 5.90. The Balaban J connectivity index is 0.000000441. The lowest BCUT2D eigenvalue weighted by molar-refractivity contribution is -0.128. The number of hydrogen-bond donors (Lipinski definition) is 3. The van der Waals surface area contributed by atoms with Crippen LogP contribution in [0.4, 0.5) is 0 Å². The number of carbonyl (C=O) groups is 4. The van der Waals surface area contributed by atoms with Crippen molar-refractivity contribution in [1.29, 1.82) is 0 Å². The number of Topliss-reactive ketones (excluding diaryl/α,β-unsaturated/α-hetero) is 1. The number of carbonyl (C=O) groups excluding carboxylic acids is 4. The van der Waals surface area contributed by atoms with Crippen LogP contribution >= 0.6 is 0 Å². The molecule has 2 heterocycles. The molecule has 0 radical (unpaired) electrons. The quantitative estimate of drug-likeness (QED) is 0.304. The molecule has 43 heavy (non-hydrogen) atoms. The topological polar surface area (TPSA) is 138 Å².